The van der Waals surface area contributed by atoms with Crippen molar-refractivity contribution in [1.29, 1.82) is 0 Å². The molecule has 210 valence electrons. The highest BCUT2D eigenvalue weighted by atomic mass is 16.3. The second kappa shape index (κ2) is 13.9. The van der Waals surface area contributed by atoms with E-state index in [1.165, 1.54) is 0 Å². The average Bonchev–Trinajstić information content (AvgIpc) is 2.85. The van der Waals surface area contributed by atoms with E-state index in [4.69, 9.17) is 0 Å². The Bertz CT molecular complexity index is 997. The Morgan fingerprint density at radius 3 is 1.37 bits per heavy atom. The lowest BCUT2D eigenvalue weighted by molar-refractivity contribution is -0.135. The molecule has 0 spiro atoms. The van der Waals surface area contributed by atoms with Gasteiger partial charge >= 0.3 is 0 Å². The molecule has 0 bridgehead atoms. The molecule has 6 N–H and O–H groups in total. The van der Waals surface area contributed by atoms with Crippen LogP contribution in [0.5, 0.6) is 0 Å². The SMILES string of the molecule is CC(C)[C@@H]1NC(=O)[C@H](Cc2ccccc2)NC(=O)[C@H](C(C)C)NC(=O)[C@@H](CO)NC(=O)[C@H](C(C)C)NC1=O. The van der Waals surface area contributed by atoms with Crippen LogP contribution in [0.3, 0.4) is 0 Å². The summed E-state index contributed by atoms with van der Waals surface area (Å²) in [6.45, 7) is 9.70. The molecule has 2 rings (SSSR count). The largest absolute Gasteiger partial charge is 0.394 e. The summed E-state index contributed by atoms with van der Waals surface area (Å²) in [4.78, 5) is 66.1. The van der Waals surface area contributed by atoms with Crippen LogP contribution in [0.1, 0.15) is 47.1 Å². The highest BCUT2D eigenvalue weighted by molar-refractivity contribution is 5.98. The first-order valence-electron chi connectivity index (χ1n) is 13.0. The number of carbonyl (C=O) groups excluding carboxylic acids is 5. The zero-order valence-corrected chi connectivity index (χ0v) is 22.9. The van der Waals surface area contributed by atoms with Crippen molar-refractivity contribution in [2.45, 2.75) is 78.2 Å². The summed E-state index contributed by atoms with van der Waals surface area (Å²) in [7, 11) is 0. The first-order valence-corrected chi connectivity index (χ1v) is 13.0. The number of hydrogen-bond acceptors (Lipinski definition) is 6. The van der Waals surface area contributed by atoms with Gasteiger partial charge in [-0.3, -0.25) is 24.0 Å². The van der Waals surface area contributed by atoms with E-state index in [2.05, 4.69) is 26.6 Å². The molecule has 1 aromatic carbocycles. The van der Waals surface area contributed by atoms with Crippen LogP contribution in [0.2, 0.25) is 0 Å². The predicted molar refractivity (Wildman–Crippen MR) is 141 cm³/mol. The molecule has 5 atom stereocenters. The van der Waals surface area contributed by atoms with Gasteiger partial charge in [-0.25, -0.2) is 0 Å². The fourth-order valence-electron chi connectivity index (χ4n) is 4.13. The van der Waals surface area contributed by atoms with Crippen molar-refractivity contribution in [3.05, 3.63) is 35.9 Å². The zero-order chi connectivity index (χ0) is 28.6. The van der Waals surface area contributed by atoms with Crippen molar-refractivity contribution in [3.63, 3.8) is 0 Å². The third-order valence-corrected chi connectivity index (χ3v) is 6.47. The van der Waals surface area contributed by atoms with Gasteiger partial charge in [-0.1, -0.05) is 71.9 Å². The summed E-state index contributed by atoms with van der Waals surface area (Å²) in [5.41, 5.74) is 0.788. The second-order valence-electron chi connectivity index (χ2n) is 10.7. The molecule has 0 aromatic heterocycles. The van der Waals surface area contributed by atoms with Crippen molar-refractivity contribution < 1.29 is 29.1 Å². The molecule has 1 heterocycles. The standard InChI is InChI=1S/C27H41N5O6/c1-14(2)20-25(36)28-18(12-17-10-8-7-9-11-17)23(34)30-22(16(5)6)27(38)32-21(15(3)4)26(37)29-19(13-33)24(35)31-20/h7-11,14-16,18-22,33H,12-13H2,1-6H3,(H,28,36)(H,29,37)(H,30,34)(H,31,35)(H,32,38)/t18-,19+,20-,21-,22-/m0/s1. The maximum absolute atomic E-state index is 13.5. The molecule has 1 aliphatic heterocycles. The molecule has 1 aliphatic rings. The lowest BCUT2D eigenvalue weighted by Gasteiger charge is -2.29. The van der Waals surface area contributed by atoms with Gasteiger partial charge in [-0.05, 0) is 23.3 Å². The number of amides is 5. The number of aliphatic hydroxyl groups is 1. The topological polar surface area (TPSA) is 166 Å². The van der Waals surface area contributed by atoms with Crippen LogP contribution in [-0.4, -0.2) is 71.5 Å². The molecule has 0 unspecified atom stereocenters. The van der Waals surface area contributed by atoms with Gasteiger partial charge in [-0.15, -0.1) is 0 Å². The van der Waals surface area contributed by atoms with Crippen molar-refractivity contribution >= 4 is 29.5 Å². The fraction of sp³-hybridized carbons (Fsp3) is 0.593. The van der Waals surface area contributed by atoms with Crippen LogP contribution in [-0.2, 0) is 30.4 Å². The molecule has 0 saturated carbocycles. The summed E-state index contributed by atoms with van der Waals surface area (Å²) in [6, 6.07) is 3.63. The third kappa shape index (κ3) is 8.27. The van der Waals surface area contributed by atoms with Gasteiger partial charge in [-0.2, -0.15) is 0 Å². The number of nitrogens with one attached hydrogen (secondary N) is 5. The van der Waals surface area contributed by atoms with Crippen molar-refractivity contribution in [2.24, 2.45) is 17.8 Å². The molecule has 1 fully saturated rings. The number of hydrogen-bond donors (Lipinski definition) is 6. The van der Waals surface area contributed by atoms with Crippen LogP contribution >= 0.6 is 0 Å². The lowest BCUT2D eigenvalue weighted by atomic mass is 9.98. The van der Waals surface area contributed by atoms with Crippen LogP contribution in [0.15, 0.2) is 30.3 Å². The molecular weight excluding hydrogens is 490 g/mol. The summed E-state index contributed by atoms with van der Waals surface area (Å²) >= 11 is 0. The number of aliphatic hydroxyl groups excluding tert-OH is 1. The molecule has 1 saturated heterocycles. The molecule has 38 heavy (non-hydrogen) atoms. The van der Waals surface area contributed by atoms with E-state index in [-0.39, 0.29) is 24.2 Å². The molecule has 5 amide bonds. The van der Waals surface area contributed by atoms with Gasteiger partial charge in [0.25, 0.3) is 0 Å². The normalized spacial score (nSPS) is 26.2. The first kappa shape index (κ1) is 30.8. The van der Waals surface area contributed by atoms with Crippen LogP contribution in [0.4, 0.5) is 0 Å². The van der Waals surface area contributed by atoms with Gasteiger partial charge < -0.3 is 31.7 Å². The van der Waals surface area contributed by atoms with Gasteiger partial charge in [0.15, 0.2) is 0 Å². The predicted octanol–water partition coefficient (Wildman–Crippen LogP) is -0.373. The number of rotatable bonds is 6. The van der Waals surface area contributed by atoms with E-state index in [9.17, 15) is 29.1 Å². The molecule has 11 heteroatoms. The van der Waals surface area contributed by atoms with E-state index >= 15 is 0 Å². The van der Waals surface area contributed by atoms with Crippen molar-refractivity contribution in [3.8, 4) is 0 Å². The smallest absolute Gasteiger partial charge is 0.245 e. The van der Waals surface area contributed by atoms with Gasteiger partial charge in [0, 0.05) is 6.42 Å². The maximum Gasteiger partial charge on any atom is 0.245 e. The summed E-state index contributed by atoms with van der Waals surface area (Å²) < 4.78 is 0. The van der Waals surface area contributed by atoms with Crippen LogP contribution < -0.4 is 26.6 Å². The van der Waals surface area contributed by atoms with E-state index < -0.39 is 66.4 Å². The quantitative estimate of drug-likeness (QED) is 0.293. The Balaban J connectivity index is 2.54. The molecule has 11 nitrogen and oxygen atoms in total. The van der Waals surface area contributed by atoms with Gasteiger partial charge in [0.2, 0.25) is 29.5 Å². The van der Waals surface area contributed by atoms with E-state index in [1.807, 2.05) is 30.3 Å². The Hall–Kier alpha value is -3.47. The van der Waals surface area contributed by atoms with Crippen molar-refractivity contribution in [2.75, 3.05) is 6.61 Å². The van der Waals surface area contributed by atoms with Crippen LogP contribution in [0.25, 0.3) is 0 Å². The first-order chi connectivity index (χ1) is 17.8. The highest BCUT2D eigenvalue weighted by Gasteiger charge is 2.36. The monoisotopic (exact) mass is 531 g/mol. The average molecular weight is 532 g/mol. The number of benzene rings is 1. The van der Waals surface area contributed by atoms with Gasteiger partial charge in [0.05, 0.1) is 6.61 Å². The Labute approximate surface area is 223 Å². The molecular formula is C27H41N5O6. The molecule has 1 aromatic rings. The Morgan fingerprint density at radius 1 is 0.579 bits per heavy atom. The zero-order valence-electron chi connectivity index (χ0n) is 22.9. The molecule has 0 radical (unpaired) electrons. The lowest BCUT2D eigenvalue weighted by Crippen LogP contribution is -2.60. The molecule has 0 aliphatic carbocycles. The Kier molecular flexibility index (Phi) is 11.2. The van der Waals surface area contributed by atoms with Gasteiger partial charge in [0.1, 0.15) is 30.2 Å². The number of carbonyl (C=O) groups is 5. The van der Waals surface area contributed by atoms with Crippen LogP contribution in [0, 0.1) is 17.8 Å². The Morgan fingerprint density at radius 2 is 0.947 bits per heavy atom. The third-order valence-electron chi connectivity index (χ3n) is 6.47. The summed E-state index contributed by atoms with van der Waals surface area (Å²) in [5.74, 6) is -4.26. The summed E-state index contributed by atoms with van der Waals surface area (Å²) in [5, 5.41) is 23.1. The fourth-order valence-corrected chi connectivity index (χ4v) is 4.13. The summed E-state index contributed by atoms with van der Waals surface area (Å²) in [6.07, 6.45) is 0.150. The maximum atomic E-state index is 13.5. The minimum atomic E-state index is -1.35. The van der Waals surface area contributed by atoms with E-state index in [1.54, 1.807) is 41.5 Å². The minimum absolute atomic E-state index is 0.150. The minimum Gasteiger partial charge on any atom is -0.394 e. The van der Waals surface area contributed by atoms with E-state index in [0.717, 1.165) is 5.56 Å². The van der Waals surface area contributed by atoms with Crippen molar-refractivity contribution in [1.82, 2.24) is 26.6 Å². The second-order valence-corrected chi connectivity index (χ2v) is 10.7. The highest BCUT2D eigenvalue weighted by Crippen LogP contribution is 2.11. The van der Waals surface area contributed by atoms with E-state index in [0.29, 0.717) is 0 Å².